The number of ether oxygens (including phenoxy) is 1. The molecule has 0 saturated carbocycles. The summed E-state index contributed by atoms with van der Waals surface area (Å²) in [6, 6.07) is 10.4. The van der Waals surface area contributed by atoms with Crippen molar-refractivity contribution in [3.8, 4) is 0 Å². The zero-order chi connectivity index (χ0) is 15.9. The van der Waals surface area contributed by atoms with Gasteiger partial charge in [-0.2, -0.15) is 4.98 Å². The summed E-state index contributed by atoms with van der Waals surface area (Å²) < 4.78 is 5.01. The Bertz CT molecular complexity index is 611. The average molecular weight is 313 g/mol. The molecule has 0 bridgehead atoms. The third-order valence-corrected chi connectivity index (χ3v) is 3.86. The number of nitrogens with zero attached hydrogens (tertiary/aromatic N) is 3. The van der Waals surface area contributed by atoms with E-state index < -0.39 is 0 Å². The Labute approximate surface area is 136 Å². The van der Waals surface area contributed by atoms with Crippen LogP contribution in [0.3, 0.4) is 0 Å². The fourth-order valence-corrected chi connectivity index (χ4v) is 2.66. The lowest BCUT2D eigenvalue weighted by molar-refractivity contribution is 0.210. The highest BCUT2D eigenvalue weighted by atomic mass is 16.5. The van der Waals surface area contributed by atoms with Crippen LogP contribution in [-0.2, 0) is 4.74 Å². The molecule has 1 aliphatic heterocycles. The smallest absolute Gasteiger partial charge is 0.224 e. The third kappa shape index (κ3) is 4.32. The van der Waals surface area contributed by atoms with Crippen LogP contribution in [0.1, 0.15) is 12.8 Å². The van der Waals surface area contributed by atoms with Gasteiger partial charge >= 0.3 is 0 Å². The SMILES string of the molecule is COCCNc1nccc(Nc2ccc(N3CCCC3)cc2)n1. The highest BCUT2D eigenvalue weighted by molar-refractivity contribution is 5.61. The first-order valence-corrected chi connectivity index (χ1v) is 8.03. The van der Waals surface area contributed by atoms with Crippen molar-refractivity contribution in [3.63, 3.8) is 0 Å². The fraction of sp³-hybridized carbons (Fsp3) is 0.412. The van der Waals surface area contributed by atoms with Crippen LogP contribution in [0.2, 0.25) is 0 Å². The van der Waals surface area contributed by atoms with Crippen molar-refractivity contribution < 1.29 is 4.74 Å². The number of rotatable bonds is 7. The predicted molar refractivity (Wildman–Crippen MR) is 93.6 cm³/mol. The summed E-state index contributed by atoms with van der Waals surface area (Å²) in [5.74, 6) is 1.37. The predicted octanol–water partition coefficient (Wildman–Crippen LogP) is 2.88. The first-order chi connectivity index (χ1) is 11.3. The fourth-order valence-electron chi connectivity index (χ4n) is 2.66. The van der Waals surface area contributed by atoms with Crippen molar-refractivity contribution in [3.05, 3.63) is 36.5 Å². The molecule has 2 aromatic rings. The van der Waals surface area contributed by atoms with E-state index in [2.05, 4.69) is 49.8 Å². The van der Waals surface area contributed by atoms with Gasteiger partial charge in [0.2, 0.25) is 5.95 Å². The Balaban J connectivity index is 1.61. The monoisotopic (exact) mass is 313 g/mol. The summed E-state index contributed by atoms with van der Waals surface area (Å²) in [5, 5.41) is 6.44. The van der Waals surface area contributed by atoms with Crippen molar-refractivity contribution in [2.24, 2.45) is 0 Å². The van der Waals surface area contributed by atoms with Crippen LogP contribution in [0, 0.1) is 0 Å². The molecule has 6 nitrogen and oxygen atoms in total. The largest absolute Gasteiger partial charge is 0.383 e. The van der Waals surface area contributed by atoms with Crippen LogP contribution in [0.5, 0.6) is 0 Å². The van der Waals surface area contributed by atoms with Gasteiger partial charge in [0, 0.05) is 44.3 Å². The number of hydrogen-bond donors (Lipinski definition) is 2. The number of benzene rings is 1. The molecular formula is C17H23N5O. The van der Waals surface area contributed by atoms with Gasteiger partial charge < -0.3 is 20.3 Å². The molecule has 6 heteroatoms. The molecule has 0 spiro atoms. The minimum absolute atomic E-state index is 0.598. The van der Waals surface area contributed by atoms with Crippen molar-refractivity contribution in [2.75, 3.05) is 48.9 Å². The number of methoxy groups -OCH3 is 1. The Kier molecular flexibility index (Phi) is 5.26. The summed E-state index contributed by atoms with van der Waals surface area (Å²) in [7, 11) is 1.67. The molecule has 0 unspecified atom stereocenters. The van der Waals surface area contributed by atoms with Crippen LogP contribution >= 0.6 is 0 Å². The summed E-state index contributed by atoms with van der Waals surface area (Å²) in [6.07, 6.45) is 4.32. The van der Waals surface area contributed by atoms with E-state index in [0.29, 0.717) is 19.1 Å². The Morgan fingerprint density at radius 1 is 1.13 bits per heavy atom. The van der Waals surface area contributed by atoms with Crippen molar-refractivity contribution in [1.29, 1.82) is 0 Å². The summed E-state index contributed by atoms with van der Waals surface area (Å²) in [5.41, 5.74) is 2.31. The van der Waals surface area contributed by atoms with Gasteiger partial charge in [0.15, 0.2) is 0 Å². The second-order valence-corrected chi connectivity index (χ2v) is 5.55. The maximum atomic E-state index is 5.01. The molecule has 1 aromatic carbocycles. The van der Waals surface area contributed by atoms with Gasteiger partial charge in [0.25, 0.3) is 0 Å². The van der Waals surface area contributed by atoms with E-state index >= 15 is 0 Å². The van der Waals surface area contributed by atoms with E-state index in [-0.39, 0.29) is 0 Å². The third-order valence-electron chi connectivity index (χ3n) is 3.86. The summed E-state index contributed by atoms with van der Waals surface area (Å²) in [6.45, 7) is 3.63. The normalized spacial score (nSPS) is 14.0. The molecule has 0 amide bonds. The molecule has 1 fully saturated rings. The molecule has 0 atom stereocenters. The van der Waals surface area contributed by atoms with Crippen LogP contribution in [0.15, 0.2) is 36.5 Å². The highest BCUT2D eigenvalue weighted by Gasteiger charge is 2.11. The molecule has 1 saturated heterocycles. The molecule has 0 radical (unpaired) electrons. The topological polar surface area (TPSA) is 62.3 Å². The van der Waals surface area contributed by atoms with Gasteiger partial charge in [-0.05, 0) is 43.2 Å². The van der Waals surface area contributed by atoms with Gasteiger partial charge in [0.1, 0.15) is 5.82 Å². The second kappa shape index (κ2) is 7.78. The first-order valence-electron chi connectivity index (χ1n) is 8.03. The number of hydrogen-bond acceptors (Lipinski definition) is 6. The van der Waals surface area contributed by atoms with Crippen LogP contribution in [0.25, 0.3) is 0 Å². The lowest BCUT2D eigenvalue weighted by atomic mass is 10.2. The standard InChI is InChI=1S/C17H23N5O/c1-23-13-10-19-17-18-9-8-16(21-17)20-14-4-6-15(7-5-14)22-11-2-3-12-22/h4-9H,2-3,10-13H2,1H3,(H2,18,19,20,21). The van der Waals surface area contributed by atoms with Crippen molar-refractivity contribution in [1.82, 2.24) is 9.97 Å². The summed E-state index contributed by atoms with van der Waals surface area (Å²) >= 11 is 0. The van der Waals surface area contributed by atoms with Crippen LogP contribution in [0.4, 0.5) is 23.1 Å². The number of nitrogens with one attached hydrogen (secondary N) is 2. The summed E-state index contributed by atoms with van der Waals surface area (Å²) in [4.78, 5) is 11.1. The van der Waals surface area contributed by atoms with E-state index in [9.17, 15) is 0 Å². The van der Waals surface area contributed by atoms with E-state index in [4.69, 9.17) is 4.74 Å². The van der Waals surface area contributed by atoms with Crippen LogP contribution < -0.4 is 15.5 Å². The Hall–Kier alpha value is -2.34. The minimum Gasteiger partial charge on any atom is -0.383 e. The zero-order valence-corrected chi connectivity index (χ0v) is 13.5. The van der Waals surface area contributed by atoms with Gasteiger partial charge in [-0.25, -0.2) is 4.98 Å². The van der Waals surface area contributed by atoms with Crippen LogP contribution in [-0.4, -0.2) is 43.3 Å². The lowest BCUT2D eigenvalue weighted by Crippen LogP contribution is -2.17. The molecule has 2 heterocycles. The van der Waals surface area contributed by atoms with E-state index in [1.165, 1.54) is 18.5 Å². The first kappa shape index (κ1) is 15.6. The number of aromatic nitrogens is 2. The molecule has 122 valence electrons. The number of anilines is 4. The van der Waals surface area contributed by atoms with E-state index in [1.54, 1.807) is 13.3 Å². The lowest BCUT2D eigenvalue weighted by Gasteiger charge is -2.18. The molecule has 0 aliphatic carbocycles. The molecule has 1 aliphatic rings. The molecule has 23 heavy (non-hydrogen) atoms. The van der Waals surface area contributed by atoms with E-state index in [1.807, 2.05) is 6.07 Å². The maximum Gasteiger partial charge on any atom is 0.224 e. The zero-order valence-electron chi connectivity index (χ0n) is 13.5. The Morgan fingerprint density at radius 2 is 1.91 bits per heavy atom. The quantitative estimate of drug-likeness (QED) is 0.767. The maximum absolute atomic E-state index is 5.01. The van der Waals surface area contributed by atoms with Gasteiger partial charge in [-0.15, -0.1) is 0 Å². The van der Waals surface area contributed by atoms with Gasteiger partial charge in [0.05, 0.1) is 6.61 Å². The molecular weight excluding hydrogens is 290 g/mol. The van der Waals surface area contributed by atoms with E-state index in [0.717, 1.165) is 24.6 Å². The molecule has 2 N–H and O–H groups in total. The minimum atomic E-state index is 0.598. The Morgan fingerprint density at radius 3 is 2.65 bits per heavy atom. The van der Waals surface area contributed by atoms with Gasteiger partial charge in [-0.1, -0.05) is 0 Å². The highest BCUT2D eigenvalue weighted by Crippen LogP contribution is 2.23. The average Bonchev–Trinajstić information content (AvgIpc) is 3.11. The van der Waals surface area contributed by atoms with Gasteiger partial charge in [-0.3, -0.25) is 0 Å². The molecule has 3 rings (SSSR count). The second-order valence-electron chi connectivity index (χ2n) is 5.55. The molecule has 1 aromatic heterocycles. The van der Waals surface area contributed by atoms with Crippen molar-refractivity contribution >= 4 is 23.1 Å². The van der Waals surface area contributed by atoms with Crippen molar-refractivity contribution in [2.45, 2.75) is 12.8 Å².